The Morgan fingerprint density at radius 3 is 2.73 bits per heavy atom. The summed E-state index contributed by atoms with van der Waals surface area (Å²) in [6, 6.07) is 3.23. The summed E-state index contributed by atoms with van der Waals surface area (Å²) in [7, 11) is 0. The molecule has 0 aliphatic carbocycles. The fraction of sp³-hybridized carbons (Fsp3) is 0.273. The molecule has 80 valence electrons. The van der Waals surface area contributed by atoms with Gasteiger partial charge in [0.1, 0.15) is 6.61 Å². The zero-order valence-corrected chi connectivity index (χ0v) is 8.79. The SMILES string of the molecule is C=C(C)C(=O)OCc1cc(C)cc(=O)[nH]1. The predicted octanol–water partition coefficient (Wildman–Crippen LogP) is 1.30. The largest absolute Gasteiger partial charge is 0.456 e. The number of rotatable bonds is 3. The van der Waals surface area contributed by atoms with Crippen LogP contribution >= 0.6 is 0 Å². The first-order valence-corrected chi connectivity index (χ1v) is 4.51. The Balaban J connectivity index is 2.70. The molecule has 0 saturated carbocycles. The number of hydrogen-bond acceptors (Lipinski definition) is 3. The Hall–Kier alpha value is -1.84. The molecule has 4 heteroatoms. The van der Waals surface area contributed by atoms with Gasteiger partial charge in [-0.05, 0) is 25.5 Å². The molecular weight excluding hydrogens is 194 g/mol. The third-order valence-corrected chi connectivity index (χ3v) is 1.75. The van der Waals surface area contributed by atoms with E-state index < -0.39 is 5.97 Å². The van der Waals surface area contributed by atoms with E-state index in [0.717, 1.165) is 5.56 Å². The Bertz CT molecular complexity index is 445. The van der Waals surface area contributed by atoms with Crippen molar-refractivity contribution < 1.29 is 9.53 Å². The molecular formula is C11H13NO3. The molecule has 0 saturated heterocycles. The highest BCUT2D eigenvalue weighted by atomic mass is 16.5. The molecule has 0 atom stereocenters. The van der Waals surface area contributed by atoms with Crippen LogP contribution in [0.4, 0.5) is 0 Å². The molecule has 0 amide bonds. The topological polar surface area (TPSA) is 59.2 Å². The van der Waals surface area contributed by atoms with Crippen LogP contribution in [0.25, 0.3) is 0 Å². The Morgan fingerprint density at radius 2 is 2.20 bits per heavy atom. The normalized spacial score (nSPS) is 9.73. The van der Waals surface area contributed by atoms with Crippen molar-refractivity contribution in [3.05, 3.63) is 45.9 Å². The summed E-state index contributed by atoms with van der Waals surface area (Å²) in [6.07, 6.45) is 0. The van der Waals surface area contributed by atoms with Crippen LogP contribution in [0.5, 0.6) is 0 Å². The number of H-pyrrole nitrogens is 1. The van der Waals surface area contributed by atoms with Gasteiger partial charge in [-0.3, -0.25) is 4.79 Å². The second-order valence-electron chi connectivity index (χ2n) is 3.40. The number of nitrogens with one attached hydrogen (secondary N) is 1. The highest BCUT2D eigenvalue weighted by Gasteiger charge is 2.04. The number of carbonyl (C=O) groups excluding carboxylic acids is 1. The number of esters is 1. The van der Waals surface area contributed by atoms with Gasteiger partial charge in [0.25, 0.3) is 0 Å². The van der Waals surface area contributed by atoms with E-state index in [0.29, 0.717) is 11.3 Å². The molecule has 0 unspecified atom stereocenters. The summed E-state index contributed by atoms with van der Waals surface area (Å²) >= 11 is 0. The lowest BCUT2D eigenvalue weighted by Gasteiger charge is -2.04. The molecule has 0 bridgehead atoms. The molecule has 15 heavy (non-hydrogen) atoms. The number of aromatic amines is 1. The van der Waals surface area contributed by atoms with Crippen molar-refractivity contribution in [1.82, 2.24) is 4.98 Å². The van der Waals surface area contributed by atoms with Crippen molar-refractivity contribution >= 4 is 5.97 Å². The van der Waals surface area contributed by atoms with Crippen molar-refractivity contribution in [3.63, 3.8) is 0 Å². The first-order valence-electron chi connectivity index (χ1n) is 4.51. The zero-order valence-electron chi connectivity index (χ0n) is 8.79. The van der Waals surface area contributed by atoms with E-state index >= 15 is 0 Å². The lowest BCUT2D eigenvalue weighted by Crippen LogP contribution is -2.11. The van der Waals surface area contributed by atoms with E-state index in [-0.39, 0.29) is 12.2 Å². The summed E-state index contributed by atoms with van der Waals surface area (Å²) in [6.45, 7) is 6.89. The van der Waals surface area contributed by atoms with Crippen LogP contribution in [0.1, 0.15) is 18.2 Å². The minimum atomic E-state index is -0.461. The van der Waals surface area contributed by atoms with Gasteiger partial charge in [-0.25, -0.2) is 4.79 Å². The zero-order chi connectivity index (χ0) is 11.4. The number of aromatic nitrogens is 1. The average molecular weight is 207 g/mol. The fourth-order valence-electron chi connectivity index (χ4n) is 1.10. The molecule has 1 heterocycles. The summed E-state index contributed by atoms with van der Waals surface area (Å²) in [5.74, 6) is -0.461. The van der Waals surface area contributed by atoms with Crippen molar-refractivity contribution in [2.45, 2.75) is 20.5 Å². The monoisotopic (exact) mass is 207 g/mol. The third-order valence-electron chi connectivity index (χ3n) is 1.75. The molecule has 0 fully saturated rings. The summed E-state index contributed by atoms with van der Waals surface area (Å²) < 4.78 is 4.89. The van der Waals surface area contributed by atoms with E-state index in [4.69, 9.17) is 4.74 Å². The van der Waals surface area contributed by atoms with Crippen molar-refractivity contribution in [2.24, 2.45) is 0 Å². The average Bonchev–Trinajstić information content (AvgIpc) is 2.12. The number of carbonyl (C=O) groups is 1. The highest BCUT2D eigenvalue weighted by Crippen LogP contribution is 2.01. The van der Waals surface area contributed by atoms with Gasteiger partial charge in [0.2, 0.25) is 5.56 Å². The summed E-state index contributed by atoms with van der Waals surface area (Å²) in [5.41, 5.74) is 1.55. The van der Waals surface area contributed by atoms with Crippen LogP contribution in [-0.2, 0) is 16.1 Å². The molecule has 0 aromatic carbocycles. The van der Waals surface area contributed by atoms with Crippen LogP contribution in [0.15, 0.2) is 29.1 Å². The van der Waals surface area contributed by atoms with Crippen molar-refractivity contribution in [1.29, 1.82) is 0 Å². The maximum atomic E-state index is 11.1. The van der Waals surface area contributed by atoms with Gasteiger partial charge in [0.15, 0.2) is 0 Å². The van der Waals surface area contributed by atoms with E-state index in [1.54, 1.807) is 19.9 Å². The summed E-state index contributed by atoms with van der Waals surface area (Å²) in [5, 5.41) is 0. The lowest BCUT2D eigenvalue weighted by molar-refractivity contribution is -0.140. The minimum absolute atomic E-state index is 0.0581. The lowest BCUT2D eigenvalue weighted by atomic mass is 10.2. The van der Waals surface area contributed by atoms with E-state index in [2.05, 4.69) is 11.6 Å². The quantitative estimate of drug-likeness (QED) is 0.600. The van der Waals surface area contributed by atoms with Gasteiger partial charge in [-0.15, -0.1) is 0 Å². The van der Waals surface area contributed by atoms with Crippen molar-refractivity contribution in [3.8, 4) is 0 Å². The Kier molecular flexibility index (Phi) is 3.44. The Morgan fingerprint density at radius 1 is 1.53 bits per heavy atom. The van der Waals surface area contributed by atoms with E-state index in [9.17, 15) is 9.59 Å². The third kappa shape index (κ3) is 3.42. The first kappa shape index (κ1) is 11.2. The van der Waals surface area contributed by atoms with Crippen LogP contribution in [0.3, 0.4) is 0 Å². The number of aryl methyl sites for hydroxylation is 1. The first-order chi connectivity index (χ1) is 6.99. The standard InChI is InChI=1S/C11H13NO3/c1-7(2)11(14)15-6-9-4-8(3)5-10(13)12-9/h4-5H,1,6H2,2-3H3,(H,12,13). The van der Waals surface area contributed by atoms with Gasteiger partial charge < -0.3 is 9.72 Å². The molecule has 4 nitrogen and oxygen atoms in total. The molecule has 1 aromatic rings. The Labute approximate surface area is 87.6 Å². The van der Waals surface area contributed by atoms with Gasteiger partial charge in [-0.2, -0.15) is 0 Å². The van der Waals surface area contributed by atoms with Crippen LogP contribution in [0, 0.1) is 6.92 Å². The molecule has 0 radical (unpaired) electrons. The maximum absolute atomic E-state index is 11.1. The molecule has 0 aliphatic heterocycles. The van der Waals surface area contributed by atoms with Crippen LogP contribution in [0.2, 0.25) is 0 Å². The number of hydrogen-bond donors (Lipinski definition) is 1. The highest BCUT2D eigenvalue weighted by molar-refractivity contribution is 5.86. The predicted molar refractivity (Wildman–Crippen MR) is 56.4 cm³/mol. The van der Waals surface area contributed by atoms with Crippen molar-refractivity contribution in [2.75, 3.05) is 0 Å². The van der Waals surface area contributed by atoms with E-state index in [1.807, 2.05) is 0 Å². The van der Waals surface area contributed by atoms with Crippen LogP contribution < -0.4 is 5.56 Å². The van der Waals surface area contributed by atoms with Gasteiger partial charge in [0.05, 0.1) is 5.69 Å². The van der Waals surface area contributed by atoms with Gasteiger partial charge in [0, 0.05) is 11.6 Å². The molecule has 1 N–H and O–H groups in total. The van der Waals surface area contributed by atoms with E-state index in [1.165, 1.54) is 6.07 Å². The summed E-state index contributed by atoms with van der Waals surface area (Å²) in [4.78, 5) is 24.7. The van der Waals surface area contributed by atoms with Gasteiger partial charge in [-0.1, -0.05) is 6.58 Å². The minimum Gasteiger partial charge on any atom is -0.456 e. The number of pyridine rings is 1. The molecule has 0 spiro atoms. The van der Waals surface area contributed by atoms with Crippen LogP contribution in [-0.4, -0.2) is 11.0 Å². The second kappa shape index (κ2) is 4.59. The molecule has 1 rings (SSSR count). The fourth-order valence-corrected chi connectivity index (χ4v) is 1.10. The molecule has 0 aliphatic rings. The maximum Gasteiger partial charge on any atom is 0.333 e. The second-order valence-corrected chi connectivity index (χ2v) is 3.40. The van der Waals surface area contributed by atoms with Gasteiger partial charge >= 0.3 is 5.97 Å². The smallest absolute Gasteiger partial charge is 0.333 e. The number of ether oxygens (including phenoxy) is 1. The molecule has 1 aromatic heterocycles.